The van der Waals surface area contributed by atoms with Crippen molar-refractivity contribution in [2.75, 3.05) is 13.2 Å². The second-order valence-electron chi connectivity index (χ2n) is 4.22. The average molecular weight is 221 g/mol. The van der Waals surface area contributed by atoms with Gasteiger partial charge in [0.1, 0.15) is 0 Å². The Morgan fingerprint density at radius 2 is 2.12 bits per heavy atom. The van der Waals surface area contributed by atoms with Crippen molar-refractivity contribution in [3.05, 3.63) is 35.9 Å². The Bertz CT molecular complexity index is 302. The van der Waals surface area contributed by atoms with Gasteiger partial charge in [0, 0.05) is 12.6 Å². The molecule has 0 aliphatic carbocycles. The summed E-state index contributed by atoms with van der Waals surface area (Å²) >= 11 is 0. The van der Waals surface area contributed by atoms with Crippen LogP contribution in [-0.4, -0.2) is 25.4 Å². The third kappa shape index (κ3) is 3.30. The molecule has 0 bridgehead atoms. The van der Waals surface area contributed by atoms with Gasteiger partial charge in [-0.25, -0.2) is 0 Å². The van der Waals surface area contributed by atoms with E-state index in [4.69, 9.17) is 15.2 Å². The van der Waals surface area contributed by atoms with Crippen LogP contribution in [-0.2, 0) is 16.1 Å². The molecule has 1 heterocycles. The van der Waals surface area contributed by atoms with Crippen LogP contribution in [0.3, 0.4) is 0 Å². The summed E-state index contributed by atoms with van der Waals surface area (Å²) in [6, 6.07) is 10.3. The molecule has 2 atom stereocenters. The van der Waals surface area contributed by atoms with Crippen LogP contribution in [0.1, 0.15) is 18.4 Å². The minimum Gasteiger partial charge on any atom is -0.374 e. The van der Waals surface area contributed by atoms with E-state index in [0.717, 1.165) is 19.4 Å². The van der Waals surface area contributed by atoms with Crippen molar-refractivity contribution in [3.8, 4) is 0 Å². The number of hydrogen-bond acceptors (Lipinski definition) is 3. The Morgan fingerprint density at radius 3 is 2.88 bits per heavy atom. The smallest absolute Gasteiger partial charge is 0.0958 e. The van der Waals surface area contributed by atoms with Gasteiger partial charge in [-0.1, -0.05) is 30.3 Å². The van der Waals surface area contributed by atoms with Gasteiger partial charge in [-0.05, 0) is 18.4 Å². The summed E-state index contributed by atoms with van der Waals surface area (Å²) in [6.07, 6.45) is 2.17. The van der Waals surface area contributed by atoms with Gasteiger partial charge < -0.3 is 15.2 Å². The highest BCUT2D eigenvalue weighted by Crippen LogP contribution is 2.13. The first-order valence-corrected chi connectivity index (χ1v) is 5.85. The lowest BCUT2D eigenvalue weighted by Crippen LogP contribution is -2.43. The number of nitrogens with two attached hydrogens (primary N) is 1. The van der Waals surface area contributed by atoms with Crippen LogP contribution in [0, 0.1) is 0 Å². The van der Waals surface area contributed by atoms with E-state index in [9.17, 15) is 0 Å². The molecule has 1 aromatic carbocycles. The summed E-state index contributed by atoms with van der Waals surface area (Å²) in [6.45, 7) is 2.04. The lowest BCUT2D eigenvalue weighted by Gasteiger charge is -2.28. The number of rotatable bonds is 4. The van der Waals surface area contributed by atoms with Crippen molar-refractivity contribution in [1.82, 2.24) is 0 Å². The predicted octanol–water partition coefficient (Wildman–Crippen LogP) is 1.71. The lowest BCUT2D eigenvalue weighted by atomic mass is 10.0. The van der Waals surface area contributed by atoms with Crippen molar-refractivity contribution in [2.24, 2.45) is 5.73 Å². The standard InChI is InChI=1S/C13H19NO2/c14-12-7-4-8-16-13(12)10-15-9-11-5-2-1-3-6-11/h1-3,5-6,12-13H,4,7-10,14H2. The molecule has 1 saturated heterocycles. The summed E-state index contributed by atoms with van der Waals surface area (Å²) in [7, 11) is 0. The van der Waals surface area contributed by atoms with E-state index in [1.165, 1.54) is 5.56 Å². The largest absolute Gasteiger partial charge is 0.374 e. The third-order valence-electron chi connectivity index (χ3n) is 2.88. The number of ether oxygens (including phenoxy) is 2. The molecular formula is C13H19NO2. The highest BCUT2D eigenvalue weighted by atomic mass is 16.5. The third-order valence-corrected chi connectivity index (χ3v) is 2.88. The van der Waals surface area contributed by atoms with Crippen molar-refractivity contribution in [1.29, 1.82) is 0 Å². The predicted molar refractivity (Wildman–Crippen MR) is 63.0 cm³/mol. The molecule has 0 amide bonds. The summed E-state index contributed by atoms with van der Waals surface area (Å²) in [4.78, 5) is 0. The van der Waals surface area contributed by atoms with Gasteiger partial charge in [-0.3, -0.25) is 0 Å². The molecule has 0 aromatic heterocycles. The molecule has 2 unspecified atom stereocenters. The summed E-state index contributed by atoms with van der Waals surface area (Å²) < 4.78 is 11.2. The molecule has 3 heteroatoms. The molecular weight excluding hydrogens is 202 g/mol. The maximum absolute atomic E-state index is 5.95. The molecule has 3 nitrogen and oxygen atoms in total. The molecule has 0 spiro atoms. The number of benzene rings is 1. The van der Waals surface area contributed by atoms with Gasteiger partial charge in [0.05, 0.1) is 19.3 Å². The second kappa shape index (κ2) is 5.99. The van der Waals surface area contributed by atoms with E-state index in [1.807, 2.05) is 18.2 Å². The molecule has 1 aromatic rings. The molecule has 1 aliphatic heterocycles. The van der Waals surface area contributed by atoms with Crippen LogP contribution >= 0.6 is 0 Å². The number of hydrogen-bond donors (Lipinski definition) is 1. The Labute approximate surface area is 96.5 Å². The highest BCUT2D eigenvalue weighted by molar-refractivity contribution is 5.13. The van der Waals surface area contributed by atoms with Crippen LogP contribution in [0.15, 0.2) is 30.3 Å². The first-order chi connectivity index (χ1) is 7.86. The quantitative estimate of drug-likeness (QED) is 0.841. The highest BCUT2D eigenvalue weighted by Gasteiger charge is 2.22. The van der Waals surface area contributed by atoms with Gasteiger partial charge in [-0.15, -0.1) is 0 Å². The lowest BCUT2D eigenvalue weighted by molar-refractivity contribution is -0.0551. The van der Waals surface area contributed by atoms with Gasteiger partial charge >= 0.3 is 0 Å². The van der Waals surface area contributed by atoms with Gasteiger partial charge in [0.2, 0.25) is 0 Å². The van der Waals surface area contributed by atoms with E-state index in [2.05, 4.69) is 12.1 Å². The normalized spacial score (nSPS) is 25.6. The topological polar surface area (TPSA) is 44.5 Å². The molecule has 0 saturated carbocycles. The van der Waals surface area contributed by atoms with Crippen LogP contribution in [0.25, 0.3) is 0 Å². The van der Waals surface area contributed by atoms with Gasteiger partial charge in [0.15, 0.2) is 0 Å². The maximum atomic E-state index is 5.95. The fraction of sp³-hybridized carbons (Fsp3) is 0.538. The Kier molecular flexibility index (Phi) is 4.34. The van der Waals surface area contributed by atoms with Crippen molar-refractivity contribution in [2.45, 2.75) is 31.6 Å². The first kappa shape index (κ1) is 11.6. The Balaban J connectivity index is 1.71. The van der Waals surface area contributed by atoms with Crippen molar-refractivity contribution < 1.29 is 9.47 Å². The van der Waals surface area contributed by atoms with Crippen LogP contribution in [0.4, 0.5) is 0 Å². The molecule has 88 valence electrons. The van der Waals surface area contributed by atoms with E-state index in [0.29, 0.717) is 13.2 Å². The average Bonchev–Trinajstić information content (AvgIpc) is 2.33. The molecule has 16 heavy (non-hydrogen) atoms. The fourth-order valence-electron chi connectivity index (χ4n) is 1.90. The molecule has 0 radical (unpaired) electrons. The fourth-order valence-corrected chi connectivity index (χ4v) is 1.90. The van der Waals surface area contributed by atoms with E-state index < -0.39 is 0 Å². The zero-order valence-electron chi connectivity index (χ0n) is 9.47. The molecule has 1 aliphatic rings. The van der Waals surface area contributed by atoms with Crippen molar-refractivity contribution in [3.63, 3.8) is 0 Å². The monoisotopic (exact) mass is 221 g/mol. The minimum atomic E-state index is 0.0671. The van der Waals surface area contributed by atoms with E-state index >= 15 is 0 Å². The molecule has 2 N–H and O–H groups in total. The SMILES string of the molecule is NC1CCCOC1COCc1ccccc1. The minimum absolute atomic E-state index is 0.0671. The van der Waals surface area contributed by atoms with E-state index in [1.54, 1.807) is 0 Å². The summed E-state index contributed by atoms with van der Waals surface area (Å²) in [5.41, 5.74) is 7.14. The molecule has 1 fully saturated rings. The maximum Gasteiger partial charge on any atom is 0.0958 e. The van der Waals surface area contributed by atoms with E-state index in [-0.39, 0.29) is 12.1 Å². The summed E-state index contributed by atoms with van der Waals surface area (Å²) in [5, 5.41) is 0. The first-order valence-electron chi connectivity index (χ1n) is 5.85. The summed E-state index contributed by atoms with van der Waals surface area (Å²) in [5.74, 6) is 0. The zero-order chi connectivity index (χ0) is 11.2. The van der Waals surface area contributed by atoms with Crippen LogP contribution in [0.2, 0.25) is 0 Å². The molecule has 2 rings (SSSR count). The van der Waals surface area contributed by atoms with Crippen LogP contribution in [0.5, 0.6) is 0 Å². The van der Waals surface area contributed by atoms with Gasteiger partial charge in [-0.2, -0.15) is 0 Å². The van der Waals surface area contributed by atoms with Crippen molar-refractivity contribution >= 4 is 0 Å². The Morgan fingerprint density at radius 1 is 1.31 bits per heavy atom. The van der Waals surface area contributed by atoms with Crippen LogP contribution < -0.4 is 5.73 Å². The van der Waals surface area contributed by atoms with Gasteiger partial charge in [0.25, 0.3) is 0 Å². The Hall–Kier alpha value is -0.900. The zero-order valence-corrected chi connectivity index (χ0v) is 9.47. The second-order valence-corrected chi connectivity index (χ2v) is 4.22.